The number of aromatic nitrogens is 4. The number of halogens is 1. The average Bonchev–Trinajstić information content (AvgIpc) is 3.31. The zero-order valence-electron chi connectivity index (χ0n) is 13.9. The van der Waals surface area contributed by atoms with Gasteiger partial charge in [-0.3, -0.25) is 15.4 Å². The van der Waals surface area contributed by atoms with Crippen LogP contribution in [0.15, 0.2) is 47.5 Å². The molecule has 9 heteroatoms. The van der Waals surface area contributed by atoms with Gasteiger partial charge in [-0.1, -0.05) is 23.7 Å². The van der Waals surface area contributed by atoms with Crippen molar-refractivity contribution >= 4 is 28.6 Å². The summed E-state index contributed by atoms with van der Waals surface area (Å²) in [7, 11) is 0. The van der Waals surface area contributed by atoms with Crippen molar-refractivity contribution in [2.75, 3.05) is 0 Å². The van der Waals surface area contributed by atoms with Crippen LogP contribution in [0.4, 0.5) is 0 Å². The smallest absolute Gasteiger partial charge is 0.276 e. The lowest BCUT2D eigenvalue weighted by molar-refractivity contribution is 0.306. The third kappa shape index (κ3) is 3.61. The van der Waals surface area contributed by atoms with Crippen LogP contribution >= 0.6 is 22.9 Å². The van der Waals surface area contributed by atoms with Crippen LogP contribution in [-0.2, 0) is 13.0 Å². The molecule has 0 atom stereocenters. The van der Waals surface area contributed by atoms with Gasteiger partial charge in [0.1, 0.15) is 5.70 Å². The average molecular weight is 387 g/mol. The zero-order chi connectivity index (χ0) is 17.9. The molecule has 0 saturated carbocycles. The fourth-order valence-electron chi connectivity index (χ4n) is 2.42. The second-order valence-electron chi connectivity index (χ2n) is 5.55. The van der Waals surface area contributed by atoms with Crippen molar-refractivity contribution in [3.63, 3.8) is 0 Å². The van der Waals surface area contributed by atoms with E-state index in [1.54, 1.807) is 29.8 Å². The van der Waals surface area contributed by atoms with Crippen molar-refractivity contribution < 1.29 is 4.52 Å². The van der Waals surface area contributed by atoms with Gasteiger partial charge in [-0.25, -0.2) is 4.98 Å². The Labute approximate surface area is 159 Å². The SMILES string of the molecule is CCc1ncc(CN2C=CC=C(c3nc(-c4cncc(Cl)c4)no3)N2)s1. The minimum Gasteiger partial charge on any atom is -0.332 e. The van der Waals surface area contributed by atoms with Gasteiger partial charge in [0.15, 0.2) is 0 Å². The van der Waals surface area contributed by atoms with E-state index in [0.29, 0.717) is 28.8 Å². The van der Waals surface area contributed by atoms with E-state index in [2.05, 4.69) is 32.5 Å². The maximum Gasteiger partial charge on any atom is 0.276 e. The first-order valence-corrected chi connectivity index (χ1v) is 9.21. The van der Waals surface area contributed by atoms with Crippen molar-refractivity contribution in [2.24, 2.45) is 0 Å². The number of allylic oxidation sites excluding steroid dienone is 2. The van der Waals surface area contributed by atoms with Crippen molar-refractivity contribution in [1.29, 1.82) is 0 Å². The summed E-state index contributed by atoms with van der Waals surface area (Å²) in [6.45, 7) is 2.80. The molecule has 0 aromatic carbocycles. The van der Waals surface area contributed by atoms with Crippen molar-refractivity contribution in [3.8, 4) is 11.4 Å². The summed E-state index contributed by atoms with van der Waals surface area (Å²) in [6, 6.07) is 1.74. The quantitative estimate of drug-likeness (QED) is 0.716. The van der Waals surface area contributed by atoms with E-state index in [-0.39, 0.29) is 0 Å². The molecule has 0 unspecified atom stereocenters. The summed E-state index contributed by atoms with van der Waals surface area (Å²) in [5.41, 5.74) is 4.70. The predicted molar refractivity (Wildman–Crippen MR) is 99.8 cm³/mol. The number of aryl methyl sites for hydroxylation is 1. The van der Waals surface area contributed by atoms with Crippen molar-refractivity contribution in [2.45, 2.75) is 19.9 Å². The molecular formula is C17H15ClN6OS. The molecular weight excluding hydrogens is 372 g/mol. The highest BCUT2D eigenvalue weighted by Crippen LogP contribution is 2.22. The molecule has 1 N–H and O–H groups in total. The van der Waals surface area contributed by atoms with Gasteiger partial charge in [0.25, 0.3) is 5.89 Å². The largest absolute Gasteiger partial charge is 0.332 e. The molecule has 3 aromatic heterocycles. The molecule has 4 rings (SSSR count). The Morgan fingerprint density at radius 3 is 3.04 bits per heavy atom. The Bertz CT molecular complexity index is 979. The second-order valence-corrected chi connectivity index (χ2v) is 7.19. The molecule has 0 spiro atoms. The number of nitrogens with one attached hydrogen (secondary N) is 1. The Hall–Kier alpha value is -2.71. The molecule has 1 aliphatic heterocycles. The monoisotopic (exact) mass is 386 g/mol. The minimum atomic E-state index is 0.396. The maximum absolute atomic E-state index is 5.97. The lowest BCUT2D eigenvalue weighted by atomic mass is 10.3. The maximum atomic E-state index is 5.97. The number of hydrazine groups is 1. The number of hydrogen-bond acceptors (Lipinski definition) is 8. The van der Waals surface area contributed by atoms with E-state index in [4.69, 9.17) is 16.1 Å². The first kappa shape index (κ1) is 16.7. The van der Waals surface area contributed by atoms with Gasteiger partial charge >= 0.3 is 0 Å². The van der Waals surface area contributed by atoms with E-state index < -0.39 is 0 Å². The van der Waals surface area contributed by atoms with Gasteiger partial charge in [-0.2, -0.15) is 4.98 Å². The third-order valence-electron chi connectivity index (χ3n) is 3.64. The molecule has 7 nitrogen and oxygen atoms in total. The zero-order valence-corrected chi connectivity index (χ0v) is 15.5. The molecule has 0 amide bonds. The van der Waals surface area contributed by atoms with Gasteiger partial charge in [0.05, 0.1) is 16.6 Å². The number of hydrogen-bond donors (Lipinski definition) is 1. The summed E-state index contributed by atoms with van der Waals surface area (Å²) in [5, 5.41) is 7.62. The summed E-state index contributed by atoms with van der Waals surface area (Å²) in [6.07, 6.45) is 11.8. The Morgan fingerprint density at radius 1 is 1.31 bits per heavy atom. The van der Waals surface area contributed by atoms with Crippen LogP contribution in [0.25, 0.3) is 17.1 Å². The van der Waals surface area contributed by atoms with Crippen LogP contribution in [0.2, 0.25) is 5.02 Å². The van der Waals surface area contributed by atoms with E-state index in [9.17, 15) is 0 Å². The molecule has 4 heterocycles. The molecule has 0 bridgehead atoms. The Kier molecular flexibility index (Phi) is 4.68. The van der Waals surface area contributed by atoms with Gasteiger partial charge in [-0.05, 0) is 24.6 Å². The van der Waals surface area contributed by atoms with Crippen LogP contribution < -0.4 is 5.43 Å². The Balaban J connectivity index is 1.48. The molecule has 0 fully saturated rings. The standard InChI is InChI=1S/C17H15ClN6OS/c1-2-15-20-9-13(26-15)10-24-5-3-4-14(22-24)17-21-16(23-25-17)11-6-12(18)8-19-7-11/h3-9,22H,2,10H2,1H3. The minimum absolute atomic E-state index is 0.396. The van der Waals surface area contributed by atoms with E-state index in [1.165, 1.54) is 4.88 Å². The fraction of sp³-hybridized carbons (Fsp3) is 0.176. The lowest BCUT2D eigenvalue weighted by Gasteiger charge is -2.24. The molecule has 0 saturated heterocycles. The molecule has 0 radical (unpaired) electrons. The number of rotatable bonds is 5. The third-order valence-corrected chi connectivity index (χ3v) is 4.98. The summed E-state index contributed by atoms with van der Waals surface area (Å²) < 4.78 is 5.39. The van der Waals surface area contributed by atoms with Crippen LogP contribution in [0.3, 0.4) is 0 Å². The highest BCUT2D eigenvalue weighted by molar-refractivity contribution is 7.11. The number of nitrogens with zero attached hydrogens (tertiary/aromatic N) is 5. The molecule has 1 aliphatic rings. The summed E-state index contributed by atoms with van der Waals surface area (Å²) in [4.78, 5) is 14.0. The summed E-state index contributed by atoms with van der Waals surface area (Å²) >= 11 is 7.68. The van der Waals surface area contributed by atoms with Gasteiger partial charge < -0.3 is 4.52 Å². The normalized spacial score (nSPS) is 13.6. The summed E-state index contributed by atoms with van der Waals surface area (Å²) in [5.74, 6) is 0.835. The first-order valence-electron chi connectivity index (χ1n) is 8.01. The van der Waals surface area contributed by atoms with E-state index >= 15 is 0 Å². The topological polar surface area (TPSA) is 80.0 Å². The van der Waals surface area contributed by atoms with Crippen LogP contribution in [0, 0.1) is 0 Å². The fourth-order valence-corrected chi connectivity index (χ4v) is 3.46. The molecule has 26 heavy (non-hydrogen) atoms. The van der Waals surface area contributed by atoms with E-state index in [0.717, 1.165) is 17.1 Å². The first-order chi connectivity index (χ1) is 12.7. The van der Waals surface area contributed by atoms with Crippen LogP contribution in [0.5, 0.6) is 0 Å². The van der Waals surface area contributed by atoms with Crippen molar-refractivity contribution in [3.05, 3.63) is 63.8 Å². The van der Waals surface area contributed by atoms with E-state index in [1.807, 2.05) is 29.6 Å². The van der Waals surface area contributed by atoms with Crippen LogP contribution in [0.1, 0.15) is 22.7 Å². The Morgan fingerprint density at radius 2 is 2.23 bits per heavy atom. The number of pyridine rings is 1. The van der Waals surface area contributed by atoms with Gasteiger partial charge in [-0.15, -0.1) is 11.3 Å². The molecule has 132 valence electrons. The number of thiazole rings is 1. The van der Waals surface area contributed by atoms with Crippen LogP contribution in [-0.4, -0.2) is 25.1 Å². The van der Waals surface area contributed by atoms with Gasteiger partial charge in [0.2, 0.25) is 5.82 Å². The highest BCUT2D eigenvalue weighted by Gasteiger charge is 2.17. The second kappa shape index (κ2) is 7.27. The highest BCUT2D eigenvalue weighted by atomic mass is 35.5. The lowest BCUT2D eigenvalue weighted by Crippen LogP contribution is -2.33. The molecule has 3 aromatic rings. The van der Waals surface area contributed by atoms with Crippen molar-refractivity contribution in [1.82, 2.24) is 30.5 Å². The predicted octanol–water partition coefficient (Wildman–Crippen LogP) is 3.68. The van der Waals surface area contributed by atoms with Gasteiger partial charge in [0, 0.05) is 35.2 Å². The molecule has 0 aliphatic carbocycles.